The molecule has 0 saturated heterocycles. The minimum atomic E-state index is -7.25. The number of hydrogen-bond acceptors (Lipinski definition) is 1. The van der Waals surface area contributed by atoms with E-state index in [0.29, 0.717) is 0 Å². The summed E-state index contributed by atoms with van der Waals surface area (Å²) in [6.07, 6.45) is -5.38. The van der Waals surface area contributed by atoms with Gasteiger partial charge in [0.2, 0.25) is 0 Å². The Morgan fingerprint density at radius 2 is 1.15 bits per heavy atom. The van der Waals surface area contributed by atoms with Gasteiger partial charge in [0, 0.05) is 9.99 Å². The Hall–Kier alpha value is -0.860. The third kappa shape index (κ3) is 2.59. The van der Waals surface area contributed by atoms with E-state index < -0.39 is 53.4 Å². The van der Waals surface area contributed by atoms with Crippen molar-refractivity contribution in [3.8, 4) is 0 Å². The number of hydrogen-bond donors (Lipinski definition) is 1. The van der Waals surface area contributed by atoms with Crippen LogP contribution in [-0.4, -0.2) is 40.4 Å². The molecule has 0 aromatic heterocycles. The Bertz CT molecular complexity index is 704. The van der Waals surface area contributed by atoms with E-state index in [9.17, 15) is 53.4 Å². The van der Waals surface area contributed by atoms with E-state index in [1.54, 1.807) is 22.6 Å². The Kier molecular flexibility index (Phi) is 5.04. The van der Waals surface area contributed by atoms with E-state index in [0.717, 1.165) is 18.2 Å². The van der Waals surface area contributed by atoms with Gasteiger partial charge in [-0.05, 0) is 40.3 Å². The quantitative estimate of drug-likeness (QED) is 0.400. The van der Waals surface area contributed by atoms with Gasteiger partial charge in [-0.1, -0.05) is 12.1 Å². The first kappa shape index (κ1) is 22.4. The average Bonchev–Trinajstić information content (AvgIpc) is 2.52. The van der Waals surface area contributed by atoms with Gasteiger partial charge in [-0.15, -0.1) is 0 Å². The largest absolute Gasteiger partial charge is 0.388 e. The van der Waals surface area contributed by atoms with E-state index in [1.165, 1.54) is 6.07 Å². The Balaban J connectivity index is 2.64. The van der Waals surface area contributed by atoms with E-state index in [2.05, 4.69) is 0 Å². The summed E-state index contributed by atoms with van der Waals surface area (Å²) in [5, 5.41) is 9.71. The second-order valence-electron chi connectivity index (χ2n) is 5.95. The molecule has 154 valence electrons. The van der Waals surface area contributed by atoms with Crippen LogP contribution in [0.2, 0.25) is 0 Å². The zero-order valence-corrected chi connectivity index (χ0v) is 14.7. The first-order chi connectivity index (χ1) is 11.9. The number of aliphatic hydroxyl groups is 1. The molecule has 1 aromatic carbocycles. The molecule has 2 rings (SSSR count). The minimum absolute atomic E-state index is 0.265. The maximum Gasteiger partial charge on any atom is 0.384 e. The van der Waals surface area contributed by atoms with Crippen LogP contribution in [0.4, 0.5) is 48.3 Å². The normalized spacial score (nSPS) is 27.7. The molecule has 1 N–H and O–H groups in total. The Morgan fingerprint density at radius 3 is 1.56 bits per heavy atom. The van der Waals surface area contributed by atoms with Gasteiger partial charge in [0.15, 0.2) is 0 Å². The monoisotopic (exact) mass is 528 g/mol. The van der Waals surface area contributed by atoms with Crippen LogP contribution >= 0.6 is 22.6 Å². The van der Waals surface area contributed by atoms with Gasteiger partial charge in [0.25, 0.3) is 5.67 Å². The Labute approximate surface area is 157 Å². The molecule has 1 unspecified atom stereocenters. The summed E-state index contributed by atoms with van der Waals surface area (Å²) in [5.41, 5.74) is -6.73. The molecule has 0 heterocycles. The number of halogens is 12. The van der Waals surface area contributed by atoms with Crippen molar-refractivity contribution < 1.29 is 53.4 Å². The van der Waals surface area contributed by atoms with Gasteiger partial charge in [-0.3, -0.25) is 0 Å². The SMILES string of the molecule is OC(CC1(F)C(F)(F)C(F)(F)C(F)(F)C(F)(F)C1(F)F)c1cccc(I)c1. The molecule has 0 amide bonds. The molecule has 1 nitrogen and oxygen atoms in total. The molecule has 1 aliphatic carbocycles. The molecular weight excluding hydrogens is 520 g/mol. The van der Waals surface area contributed by atoms with Gasteiger partial charge >= 0.3 is 29.6 Å². The molecule has 1 fully saturated rings. The summed E-state index contributed by atoms with van der Waals surface area (Å²) in [6.45, 7) is 0. The maximum absolute atomic E-state index is 14.5. The van der Waals surface area contributed by atoms with Crippen molar-refractivity contribution in [1.82, 2.24) is 0 Å². The van der Waals surface area contributed by atoms with Crippen LogP contribution in [-0.2, 0) is 0 Å². The van der Waals surface area contributed by atoms with Gasteiger partial charge < -0.3 is 5.11 Å². The first-order valence-corrected chi connectivity index (χ1v) is 7.98. The molecule has 13 heteroatoms. The second kappa shape index (κ2) is 6.07. The summed E-state index contributed by atoms with van der Waals surface area (Å²) >= 11 is 1.60. The van der Waals surface area contributed by atoms with Crippen molar-refractivity contribution in [3.63, 3.8) is 0 Å². The van der Waals surface area contributed by atoms with Crippen molar-refractivity contribution in [2.75, 3.05) is 0 Å². The fourth-order valence-corrected chi connectivity index (χ4v) is 3.21. The standard InChI is InChI=1S/C14H8F11IO/c15-9(5-8(27)6-2-1-3-7(26)4-6)10(16,17)12(20,21)14(24,25)13(22,23)11(9,18)19/h1-4,8,27H,5H2. The molecule has 1 aromatic rings. The lowest BCUT2D eigenvalue weighted by molar-refractivity contribution is -0.487. The number of aliphatic hydroxyl groups excluding tert-OH is 1. The highest BCUT2D eigenvalue weighted by Crippen LogP contribution is 2.70. The van der Waals surface area contributed by atoms with Crippen LogP contribution in [0.5, 0.6) is 0 Å². The van der Waals surface area contributed by atoms with Gasteiger partial charge in [0.05, 0.1) is 6.10 Å². The van der Waals surface area contributed by atoms with Crippen LogP contribution in [0, 0.1) is 3.57 Å². The topological polar surface area (TPSA) is 20.2 Å². The molecule has 1 aliphatic rings. The lowest BCUT2D eigenvalue weighted by atomic mass is 9.69. The summed E-state index contributed by atoms with van der Waals surface area (Å²) in [6, 6.07) is 4.33. The van der Waals surface area contributed by atoms with Crippen molar-refractivity contribution in [2.24, 2.45) is 0 Å². The molecule has 1 atom stereocenters. The van der Waals surface area contributed by atoms with Crippen molar-refractivity contribution in [1.29, 1.82) is 0 Å². The van der Waals surface area contributed by atoms with E-state index in [4.69, 9.17) is 0 Å². The average molecular weight is 528 g/mol. The predicted octanol–water partition coefficient (Wildman–Crippen LogP) is 5.61. The molecule has 0 aliphatic heterocycles. The van der Waals surface area contributed by atoms with Crippen molar-refractivity contribution in [3.05, 3.63) is 33.4 Å². The van der Waals surface area contributed by atoms with Crippen molar-refractivity contribution >= 4 is 22.6 Å². The van der Waals surface area contributed by atoms with E-state index >= 15 is 0 Å². The van der Waals surface area contributed by atoms with E-state index in [1.807, 2.05) is 0 Å². The van der Waals surface area contributed by atoms with Crippen LogP contribution in [0.25, 0.3) is 0 Å². The highest BCUT2D eigenvalue weighted by Gasteiger charge is 3.00. The molecule has 0 radical (unpaired) electrons. The second-order valence-corrected chi connectivity index (χ2v) is 7.19. The fourth-order valence-electron chi connectivity index (χ4n) is 2.64. The lowest BCUT2D eigenvalue weighted by Crippen LogP contribution is -2.83. The Morgan fingerprint density at radius 1 is 0.741 bits per heavy atom. The molecule has 27 heavy (non-hydrogen) atoms. The van der Waals surface area contributed by atoms with Crippen LogP contribution in [0.3, 0.4) is 0 Å². The zero-order chi connectivity index (χ0) is 21.3. The number of rotatable bonds is 3. The molecular formula is C14H8F11IO. The fraction of sp³-hybridized carbons (Fsp3) is 0.571. The number of benzene rings is 1. The molecule has 1 saturated carbocycles. The summed E-state index contributed by atoms with van der Waals surface area (Å²) in [7, 11) is 0. The molecule has 0 bridgehead atoms. The van der Waals surface area contributed by atoms with Crippen LogP contribution in [0.15, 0.2) is 24.3 Å². The smallest absolute Gasteiger partial charge is 0.384 e. The third-order valence-corrected chi connectivity index (χ3v) is 4.95. The van der Waals surface area contributed by atoms with E-state index in [-0.39, 0.29) is 3.57 Å². The summed E-state index contributed by atoms with van der Waals surface area (Å²) in [4.78, 5) is 0. The first-order valence-electron chi connectivity index (χ1n) is 6.90. The molecule has 0 spiro atoms. The zero-order valence-electron chi connectivity index (χ0n) is 12.6. The highest BCUT2D eigenvalue weighted by atomic mass is 127. The van der Waals surface area contributed by atoms with Gasteiger partial charge in [-0.25, -0.2) is 4.39 Å². The minimum Gasteiger partial charge on any atom is -0.388 e. The van der Waals surface area contributed by atoms with Crippen molar-refractivity contribution in [2.45, 2.75) is 47.8 Å². The summed E-state index contributed by atoms with van der Waals surface area (Å²) < 4.78 is 150. The summed E-state index contributed by atoms with van der Waals surface area (Å²) in [5.74, 6) is -35.4. The van der Waals surface area contributed by atoms with Crippen LogP contribution < -0.4 is 0 Å². The lowest BCUT2D eigenvalue weighted by Gasteiger charge is -2.52. The third-order valence-electron chi connectivity index (χ3n) is 4.28. The van der Waals surface area contributed by atoms with Gasteiger partial charge in [0.1, 0.15) is 0 Å². The number of alkyl halides is 11. The van der Waals surface area contributed by atoms with Gasteiger partial charge in [-0.2, -0.15) is 43.9 Å². The van der Waals surface area contributed by atoms with Crippen LogP contribution in [0.1, 0.15) is 18.1 Å². The maximum atomic E-state index is 14.5. The predicted molar refractivity (Wildman–Crippen MR) is 77.3 cm³/mol. The highest BCUT2D eigenvalue weighted by molar-refractivity contribution is 14.1.